The second-order valence-electron chi connectivity index (χ2n) is 5.23. The average Bonchev–Trinajstić information content (AvgIpc) is 2.80. The molecule has 2 aromatic rings. The Morgan fingerprint density at radius 1 is 1.16 bits per heavy atom. The van der Waals surface area contributed by atoms with Crippen LogP contribution in [-0.2, 0) is 29.6 Å². The highest BCUT2D eigenvalue weighted by molar-refractivity contribution is 7.86. The second kappa shape index (κ2) is 6.78. The molecule has 0 amide bonds. The predicted octanol–water partition coefficient (Wildman–Crippen LogP) is 2.65. The van der Waals surface area contributed by atoms with Gasteiger partial charge in [0.05, 0.1) is 1.37 Å². The number of hydrogen-bond donors (Lipinski definition) is 1. The van der Waals surface area contributed by atoms with E-state index in [1.54, 1.807) is 30.3 Å². The van der Waals surface area contributed by atoms with E-state index in [-0.39, 0.29) is 5.56 Å². The maximum Gasteiger partial charge on any atom is 0.313 e. The molecule has 1 aliphatic rings. The molecule has 0 saturated carbocycles. The van der Waals surface area contributed by atoms with Gasteiger partial charge >= 0.3 is 10.1 Å². The number of benzene rings is 2. The van der Waals surface area contributed by atoms with Crippen molar-refractivity contribution in [3.05, 3.63) is 82.4 Å². The number of carbonyl (C=O) groups excluding carboxylic acids is 1. The third-order valence-electron chi connectivity index (χ3n) is 3.35. The zero-order valence-electron chi connectivity index (χ0n) is 13.8. The molecule has 0 fully saturated rings. The first kappa shape index (κ1) is 16.0. The molecule has 1 atom stereocenters. The average molecular weight is 381 g/mol. The number of Topliss-reactive ketones (excluding diaryl/α,β-unsaturated/α-hetero) is 1. The lowest BCUT2D eigenvalue weighted by Crippen LogP contribution is -2.16. The van der Waals surface area contributed by atoms with Gasteiger partial charge in [-0.3, -0.25) is 4.79 Å². The molecule has 8 heteroatoms. The van der Waals surface area contributed by atoms with Gasteiger partial charge in [0.25, 0.3) is 0 Å². The van der Waals surface area contributed by atoms with Gasteiger partial charge in [0.15, 0.2) is 6.08 Å². The summed E-state index contributed by atoms with van der Waals surface area (Å²) in [6.07, 6.45) is -2.23. The molecule has 3 rings (SSSR count). The van der Waals surface area contributed by atoms with Gasteiger partial charge < -0.3 is 14.7 Å². The molecule has 130 valence electrons. The molecule has 0 radical (unpaired) electrons. The predicted molar refractivity (Wildman–Crippen MR) is 91.6 cm³/mol. The summed E-state index contributed by atoms with van der Waals surface area (Å²) >= 11 is 5.80. The van der Waals surface area contributed by atoms with Crippen LogP contribution in [0.1, 0.15) is 18.6 Å². The maximum absolute atomic E-state index is 12.6. The number of carbonyl (C=O) groups is 1. The molecule has 6 nitrogen and oxygen atoms in total. The SMILES string of the molecule is [2H][C@@]1(c2ccc(Cl)cc2)OC(N)=C(OS(=O)(=O)Cc2ccccc2)C1=O. The van der Waals surface area contributed by atoms with Crippen molar-refractivity contribution in [2.24, 2.45) is 5.73 Å². The van der Waals surface area contributed by atoms with Gasteiger partial charge in [-0.05, 0) is 17.7 Å². The van der Waals surface area contributed by atoms with Gasteiger partial charge in [-0.2, -0.15) is 8.42 Å². The normalized spacial score (nSPS) is 21.0. The van der Waals surface area contributed by atoms with Crippen LogP contribution in [0.2, 0.25) is 5.02 Å². The minimum Gasteiger partial charge on any atom is -0.460 e. The van der Waals surface area contributed by atoms with Crippen molar-refractivity contribution in [2.75, 3.05) is 0 Å². The van der Waals surface area contributed by atoms with Crippen LogP contribution >= 0.6 is 11.6 Å². The van der Waals surface area contributed by atoms with Crippen LogP contribution in [0.3, 0.4) is 0 Å². The van der Waals surface area contributed by atoms with Crippen molar-refractivity contribution in [3.63, 3.8) is 0 Å². The zero-order valence-corrected chi connectivity index (χ0v) is 14.4. The van der Waals surface area contributed by atoms with E-state index in [9.17, 15) is 13.2 Å². The van der Waals surface area contributed by atoms with E-state index in [0.717, 1.165) is 0 Å². The molecule has 0 saturated heterocycles. The Balaban J connectivity index is 1.83. The molecule has 0 aromatic heterocycles. The minimum absolute atomic E-state index is 0.147. The first-order chi connectivity index (χ1) is 12.2. The highest BCUT2D eigenvalue weighted by atomic mass is 35.5. The minimum atomic E-state index is -4.17. The topological polar surface area (TPSA) is 95.7 Å². The standard InChI is InChI=1S/C17H14ClNO5S/c18-13-8-6-12(7-9-13)15-14(20)16(17(19)23-15)24-25(21,22)10-11-4-2-1-3-5-11/h1-9,15H,10,19H2/t15-/m0/s1/i15D. The lowest BCUT2D eigenvalue weighted by Gasteiger charge is -2.10. The highest BCUT2D eigenvalue weighted by Crippen LogP contribution is 2.33. The van der Waals surface area contributed by atoms with E-state index < -0.39 is 39.4 Å². The van der Waals surface area contributed by atoms with E-state index in [1.165, 1.54) is 24.3 Å². The van der Waals surface area contributed by atoms with Gasteiger partial charge in [-0.1, -0.05) is 54.1 Å². The van der Waals surface area contributed by atoms with Gasteiger partial charge in [0.2, 0.25) is 17.4 Å². The van der Waals surface area contributed by atoms with Gasteiger partial charge in [0, 0.05) is 10.6 Å². The molecular weight excluding hydrogens is 366 g/mol. The molecule has 2 aromatic carbocycles. The molecule has 2 N–H and O–H groups in total. The van der Waals surface area contributed by atoms with E-state index in [2.05, 4.69) is 0 Å². The number of hydrogen-bond acceptors (Lipinski definition) is 6. The van der Waals surface area contributed by atoms with Gasteiger partial charge in [0.1, 0.15) is 5.75 Å². The Bertz CT molecular complexity index is 976. The van der Waals surface area contributed by atoms with Crippen molar-refractivity contribution in [1.29, 1.82) is 0 Å². The summed E-state index contributed by atoms with van der Waals surface area (Å²) in [6, 6.07) is 14.1. The quantitative estimate of drug-likeness (QED) is 0.801. The molecule has 25 heavy (non-hydrogen) atoms. The molecule has 1 heterocycles. The van der Waals surface area contributed by atoms with Crippen LogP contribution in [0.4, 0.5) is 0 Å². The van der Waals surface area contributed by atoms with Crippen molar-refractivity contribution < 1.29 is 23.5 Å². The molecule has 0 spiro atoms. The van der Waals surface area contributed by atoms with Crippen LogP contribution in [0.5, 0.6) is 0 Å². The first-order valence-corrected chi connectivity index (χ1v) is 9.12. The lowest BCUT2D eigenvalue weighted by atomic mass is 10.1. The Morgan fingerprint density at radius 3 is 2.44 bits per heavy atom. The van der Waals surface area contributed by atoms with Crippen molar-refractivity contribution in [1.82, 2.24) is 0 Å². The third-order valence-corrected chi connectivity index (χ3v) is 4.71. The highest BCUT2D eigenvalue weighted by Gasteiger charge is 2.39. The zero-order chi connectivity index (χ0) is 18.9. The summed E-state index contributed by atoms with van der Waals surface area (Å²) in [5.74, 6) is -2.72. The van der Waals surface area contributed by atoms with E-state index in [1.807, 2.05) is 0 Å². The molecule has 0 unspecified atom stereocenters. The largest absolute Gasteiger partial charge is 0.460 e. The van der Waals surface area contributed by atoms with E-state index in [4.69, 9.17) is 27.6 Å². The Hall–Kier alpha value is -2.51. The second-order valence-corrected chi connectivity index (χ2v) is 7.24. The number of rotatable bonds is 5. The summed E-state index contributed by atoms with van der Waals surface area (Å²) in [6.45, 7) is 0. The van der Waals surface area contributed by atoms with Crippen LogP contribution in [0.25, 0.3) is 0 Å². The van der Waals surface area contributed by atoms with Crippen molar-refractivity contribution in [3.8, 4) is 0 Å². The van der Waals surface area contributed by atoms with Crippen LogP contribution in [0, 0.1) is 0 Å². The Labute approximate surface area is 151 Å². The fourth-order valence-electron chi connectivity index (χ4n) is 2.22. The third kappa shape index (κ3) is 3.94. The monoisotopic (exact) mass is 380 g/mol. The van der Waals surface area contributed by atoms with Crippen LogP contribution in [0.15, 0.2) is 66.2 Å². The van der Waals surface area contributed by atoms with Gasteiger partial charge in [-0.25, -0.2) is 0 Å². The summed E-state index contributed by atoms with van der Waals surface area (Å²) in [5, 5.41) is 0.408. The summed E-state index contributed by atoms with van der Waals surface area (Å²) in [4.78, 5) is 12.6. The van der Waals surface area contributed by atoms with E-state index >= 15 is 0 Å². The number of ketones is 1. The van der Waals surface area contributed by atoms with Crippen LogP contribution < -0.4 is 5.73 Å². The van der Waals surface area contributed by atoms with Crippen molar-refractivity contribution in [2.45, 2.75) is 11.8 Å². The van der Waals surface area contributed by atoms with E-state index in [0.29, 0.717) is 10.6 Å². The van der Waals surface area contributed by atoms with Crippen LogP contribution in [-0.4, -0.2) is 14.2 Å². The maximum atomic E-state index is 12.6. The number of halogens is 1. The molecule has 1 aliphatic heterocycles. The van der Waals surface area contributed by atoms with Crippen molar-refractivity contribution >= 4 is 27.5 Å². The number of nitrogens with two attached hydrogens (primary N) is 1. The summed E-state index contributed by atoms with van der Waals surface area (Å²) in [7, 11) is -4.17. The summed E-state index contributed by atoms with van der Waals surface area (Å²) < 4.78 is 42.8. The summed E-state index contributed by atoms with van der Waals surface area (Å²) in [5.41, 5.74) is 6.24. The fourth-order valence-corrected chi connectivity index (χ4v) is 3.42. The molecular formula is C17H14ClNO5S. The lowest BCUT2D eigenvalue weighted by molar-refractivity contribution is -0.123. The van der Waals surface area contributed by atoms with Gasteiger partial charge in [-0.15, -0.1) is 0 Å². The number of ether oxygens (including phenoxy) is 1. The Morgan fingerprint density at radius 2 is 1.80 bits per heavy atom. The molecule has 0 bridgehead atoms. The smallest absolute Gasteiger partial charge is 0.313 e. The molecule has 0 aliphatic carbocycles. The first-order valence-electron chi connectivity index (χ1n) is 7.67. The Kier molecular flexibility index (Phi) is 4.33. The fraction of sp³-hybridized carbons (Fsp3) is 0.118.